The molecule has 0 atom stereocenters. The third kappa shape index (κ3) is 5.42. The topological polar surface area (TPSA) is 85.2 Å². The largest absolute Gasteiger partial charge is 0.504 e. The number of phenols is 1. The fraction of sp³-hybridized carbons (Fsp3) is 0.235. The summed E-state index contributed by atoms with van der Waals surface area (Å²) in [5.41, 5.74) is 0.538. The van der Waals surface area contributed by atoms with Crippen molar-refractivity contribution in [2.75, 3.05) is 6.61 Å². The van der Waals surface area contributed by atoms with Gasteiger partial charge in [-0.1, -0.05) is 18.2 Å². The summed E-state index contributed by atoms with van der Waals surface area (Å²) >= 11 is 11.7. The van der Waals surface area contributed by atoms with Crippen molar-refractivity contribution in [1.29, 1.82) is 0 Å². The lowest BCUT2D eigenvalue weighted by Gasteiger charge is -2.20. The Kier molecular flexibility index (Phi) is 6.36. The maximum absolute atomic E-state index is 11.0. The molecule has 0 saturated carbocycles. The van der Waals surface area contributed by atoms with Gasteiger partial charge in [0.05, 0.1) is 6.61 Å². The number of hydrogen-bond acceptors (Lipinski definition) is 5. The van der Waals surface area contributed by atoms with Crippen LogP contribution in [0.15, 0.2) is 42.5 Å². The van der Waals surface area contributed by atoms with Crippen molar-refractivity contribution < 1.29 is 29.2 Å². The third-order valence-corrected chi connectivity index (χ3v) is 3.47. The molecule has 0 saturated heterocycles. The maximum Gasteiger partial charge on any atom is 0.375 e. The summed E-state index contributed by atoms with van der Waals surface area (Å²) < 4.78 is 14.0. The van der Waals surface area contributed by atoms with Crippen LogP contribution in [0.25, 0.3) is 0 Å². The van der Waals surface area contributed by atoms with E-state index in [4.69, 9.17) is 42.5 Å². The van der Waals surface area contributed by atoms with Crippen molar-refractivity contribution in [2.45, 2.75) is 18.2 Å². The van der Waals surface area contributed by atoms with Crippen LogP contribution in [0.1, 0.15) is 22.8 Å². The number of ether oxygens (including phenoxy) is 3. The monoisotopic (exact) mass is 386 g/mol. The highest BCUT2D eigenvalue weighted by atomic mass is 35.5. The molecule has 0 aliphatic rings. The standard InChI is InChI=1S/C17H16Cl2O6/c1-2-24-17(18,19)25-12-8-6-11(7-9-12)10-23-14-5-3-4-13(15(14)20)16(21)22/h3-9,20H,2,10H2,1H3,(H,21,22). The summed E-state index contributed by atoms with van der Waals surface area (Å²) in [6, 6.07) is 10.9. The summed E-state index contributed by atoms with van der Waals surface area (Å²) in [5.74, 6) is -1.17. The molecule has 25 heavy (non-hydrogen) atoms. The predicted octanol–water partition coefficient (Wildman–Crippen LogP) is 4.17. The predicted molar refractivity (Wildman–Crippen MR) is 92.5 cm³/mol. The SMILES string of the molecule is CCOC(Cl)(Cl)Oc1ccc(COc2cccc(C(=O)O)c2O)cc1. The minimum atomic E-state index is -1.77. The summed E-state index contributed by atoms with van der Waals surface area (Å²) in [6.45, 7) is 2.14. The fourth-order valence-electron chi connectivity index (χ4n) is 1.96. The molecule has 6 nitrogen and oxygen atoms in total. The number of alkyl halides is 2. The van der Waals surface area contributed by atoms with Gasteiger partial charge in [-0.3, -0.25) is 0 Å². The quantitative estimate of drug-likeness (QED) is 0.522. The molecule has 2 rings (SSSR count). The molecule has 0 aliphatic carbocycles. The smallest absolute Gasteiger partial charge is 0.375 e. The van der Waals surface area contributed by atoms with E-state index in [0.29, 0.717) is 5.75 Å². The average molecular weight is 387 g/mol. The molecule has 134 valence electrons. The van der Waals surface area contributed by atoms with Crippen LogP contribution in [-0.2, 0) is 11.3 Å². The molecular weight excluding hydrogens is 371 g/mol. The molecule has 2 N–H and O–H groups in total. The number of halogens is 2. The van der Waals surface area contributed by atoms with E-state index in [-0.39, 0.29) is 24.5 Å². The van der Waals surface area contributed by atoms with Crippen molar-refractivity contribution in [3.05, 3.63) is 53.6 Å². The van der Waals surface area contributed by atoms with Gasteiger partial charge in [-0.15, -0.1) is 0 Å². The zero-order chi connectivity index (χ0) is 18.4. The van der Waals surface area contributed by atoms with E-state index < -0.39 is 16.4 Å². The molecule has 0 heterocycles. The van der Waals surface area contributed by atoms with Gasteiger partial charge in [0.25, 0.3) is 0 Å². The lowest BCUT2D eigenvalue weighted by molar-refractivity contribution is -0.0499. The van der Waals surface area contributed by atoms with Crippen molar-refractivity contribution in [3.63, 3.8) is 0 Å². The van der Waals surface area contributed by atoms with Crippen LogP contribution in [-0.4, -0.2) is 27.5 Å². The van der Waals surface area contributed by atoms with E-state index in [1.54, 1.807) is 31.2 Å². The van der Waals surface area contributed by atoms with Crippen LogP contribution < -0.4 is 9.47 Å². The summed E-state index contributed by atoms with van der Waals surface area (Å²) in [6.07, 6.45) is 0. The van der Waals surface area contributed by atoms with E-state index >= 15 is 0 Å². The van der Waals surface area contributed by atoms with Crippen molar-refractivity contribution in [1.82, 2.24) is 0 Å². The van der Waals surface area contributed by atoms with E-state index in [1.807, 2.05) is 0 Å². The van der Waals surface area contributed by atoms with Gasteiger partial charge < -0.3 is 24.4 Å². The maximum atomic E-state index is 11.0. The van der Waals surface area contributed by atoms with E-state index in [9.17, 15) is 9.90 Å². The average Bonchev–Trinajstić information content (AvgIpc) is 2.54. The third-order valence-electron chi connectivity index (χ3n) is 3.10. The zero-order valence-electron chi connectivity index (χ0n) is 13.2. The highest BCUT2D eigenvalue weighted by molar-refractivity contribution is 6.46. The Labute approximate surface area is 154 Å². The Balaban J connectivity index is 2.01. The molecule has 0 fully saturated rings. The highest BCUT2D eigenvalue weighted by Crippen LogP contribution is 2.31. The fourth-order valence-corrected chi connectivity index (χ4v) is 2.36. The summed E-state index contributed by atoms with van der Waals surface area (Å²) in [4.78, 5) is 11.0. The van der Waals surface area contributed by atoms with Gasteiger partial charge in [0.1, 0.15) is 17.9 Å². The number of carbonyl (C=O) groups is 1. The molecule has 0 radical (unpaired) electrons. The minimum absolute atomic E-state index is 0.0807. The number of para-hydroxylation sites is 1. The highest BCUT2D eigenvalue weighted by Gasteiger charge is 2.26. The molecule has 2 aromatic rings. The summed E-state index contributed by atoms with van der Waals surface area (Å²) in [7, 11) is 0. The normalized spacial score (nSPS) is 11.2. The molecule has 0 spiro atoms. The Morgan fingerprint density at radius 3 is 2.44 bits per heavy atom. The molecule has 0 bridgehead atoms. The second-order valence-electron chi connectivity index (χ2n) is 4.89. The number of aromatic carboxylic acids is 1. The number of carboxylic acids is 1. The number of aromatic hydroxyl groups is 1. The van der Waals surface area contributed by atoms with Crippen LogP contribution in [0, 0.1) is 0 Å². The lowest BCUT2D eigenvalue weighted by atomic mass is 10.2. The minimum Gasteiger partial charge on any atom is -0.504 e. The first kappa shape index (κ1) is 19.2. The lowest BCUT2D eigenvalue weighted by Crippen LogP contribution is -2.25. The molecule has 8 heteroatoms. The molecule has 0 aliphatic heterocycles. The van der Waals surface area contributed by atoms with Gasteiger partial charge in [0.2, 0.25) is 0 Å². The van der Waals surface area contributed by atoms with E-state index in [2.05, 4.69) is 0 Å². The zero-order valence-corrected chi connectivity index (χ0v) is 14.8. The number of carboxylic acid groups (broad SMARTS) is 1. The molecular formula is C17H16Cl2O6. The van der Waals surface area contributed by atoms with E-state index in [1.165, 1.54) is 18.2 Å². The second kappa shape index (κ2) is 8.29. The number of rotatable bonds is 8. The number of hydrogen-bond donors (Lipinski definition) is 2. The van der Waals surface area contributed by atoms with Crippen LogP contribution in [0.2, 0.25) is 0 Å². The van der Waals surface area contributed by atoms with Crippen LogP contribution >= 0.6 is 23.2 Å². The van der Waals surface area contributed by atoms with Crippen molar-refractivity contribution in [3.8, 4) is 17.2 Å². The Morgan fingerprint density at radius 1 is 1.16 bits per heavy atom. The first-order valence-corrected chi connectivity index (χ1v) is 8.06. The van der Waals surface area contributed by atoms with Crippen LogP contribution in [0.4, 0.5) is 0 Å². The summed E-state index contributed by atoms with van der Waals surface area (Å²) in [5, 5.41) is 18.9. The Morgan fingerprint density at radius 2 is 1.84 bits per heavy atom. The van der Waals surface area contributed by atoms with Crippen LogP contribution in [0.5, 0.6) is 17.2 Å². The first-order chi connectivity index (χ1) is 11.8. The number of benzene rings is 2. The van der Waals surface area contributed by atoms with Gasteiger partial charge >= 0.3 is 10.7 Å². The van der Waals surface area contributed by atoms with Gasteiger partial charge in [-0.25, -0.2) is 4.79 Å². The van der Waals surface area contributed by atoms with Gasteiger partial charge in [-0.05, 0) is 60.0 Å². The molecule has 0 amide bonds. The molecule has 0 unspecified atom stereocenters. The van der Waals surface area contributed by atoms with E-state index in [0.717, 1.165) is 5.56 Å². The molecule has 2 aromatic carbocycles. The Bertz CT molecular complexity index is 730. The Hall–Kier alpha value is -2.15. The second-order valence-corrected chi connectivity index (χ2v) is 6.08. The van der Waals surface area contributed by atoms with Gasteiger partial charge in [0.15, 0.2) is 11.5 Å². The van der Waals surface area contributed by atoms with Gasteiger partial charge in [-0.2, -0.15) is 0 Å². The molecule has 0 aromatic heterocycles. The first-order valence-electron chi connectivity index (χ1n) is 7.30. The van der Waals surface area contributed by atoms with Crippen LogP contribution in [0.3, 0.4) is 0 Å². The van der Waals surface area contributed by atoms with Crippen molar-refractivity contribution in [2.24, 2.45) is 0 Å². The van der Waals surface area contributed by atoms with Crippen molar-refractivity contribution >= 4 is 29.2 Å². The van der Waals surface area contributed by atoms with Gasteiger partial charge in [0, 0.05) is 0 Å².